The van der Waals surface area contributed by atoms with E-state index in [1.54, 1.807) is 16.7 Å². The minimum Gasteiger partial charge on any atom is -0.363 e. The summed E-state index contributed by atoms with van der Waals surface area (Å²) in [6.07, 6.45) is 2.23. The fraction of sp³-hybridized carbons (Fsp3) is 0.656. The first-order valence-electron chi connectivity index (χ1n) is 15.1. The molecule has 11 heteroatoms. The molecule has 5 amide bonds. The van der Waals surface area contributed by atoms with Crippen LogP contribution in [0.2, 0.25) is 0 Å². The number of nitrogens with one attached hydrogen (secondary N) is 3. The van der Waals surface area contributed by atoms with Crippen LogP contribution in [0.4, 0.5) is 4.79 Å². The number of Topliss-reactive ketones (excluding diaryl/α,β-unsaturated/α-hetero) is 1. The van der Waals surface area contributed by atoms with Crippen molar-refractivity contribution in [2.75, 3.05) is 6.54 Å². The van der Waals surface area contributed by atoms with Crippen molar-refractivity contribution < 1.29 is 24.0 Å². The lowest BCUT2D eigenvalue weighted by Gasteiger charge is -2.38. The predicted octanol–water partition coefficient (Wildman–Crippen LogP) is 3.19. The molecule has 1 aliphatic heterocycles. The maximum absolute atomic E-state index is 14.2. The summed E-state index contributed by atoms with van der Waals surface area (Å²) in [4.78, 5) is 66.4. The molecule has 3 fully saturated rings. The Morgan fingerprint density at radius 3 is 2.21 bits per heavy atom. The van der Waals surface area contributed by atoms with Crippen molar-refractivity contribution in [3.8, 4) is 0 Å². The summed E-state index contributed by atoms with van der Waals surface area (Å²) in [5.41, 5.74) is 5.62. The van der Waals surface area contributed by atoms with Gasteiger partial charge in [0.25, 0.3) is 5.91 Å². The van der Waals surface area contributed by atoms with Crippen LogP contribution in [0.25, 0.3) is 0 Å². The van der Waals surface area contributed by atoms with Gasteiger partial charge in [0.1, 0.15) is 12.1 Å². The first-order valence-corrected chi connectivity index (χ1v) is 16.1. The molecule has 1 aromatic rings. The number of primary amides is 1. The third-order valence-electron chi connectivity index (χ3n) is 9.15. The van der Waals surface area contributed by atoms with Gasteiger partial charge in [0.05, 0.1) is 10.9 Å². The Morgan fingerprint density at radius 1 is 1.02 bits per heavy atom. The van der Waals surface area contributed by atoms with E-state index in [4.69, 9.17) is 5.73 Å². The van der Waals surface area contributed by atoms with Crippen molar-refractivity contribution in [2.24, 2.45) is 34.3 Å². The highest BCUT2D eigenvalue weighted by atomic mass is 32.2. The molecule has 5 N–H and O–H groups in total. The smallest absolute Gasteiger partial charge is 0.316 e. The van der Waals surface area contributed by atoms with Gasteiger partial charge < -0.3 is 26.6 Å². The topological polar surface area (TPSA) is 151 Å². The van der Waals surface area contributed by atoms with Crippen LogP contribution in [-0.2, 0) is 24.9 Å². The standard InChI is InChI=1S/C32H47N5O5S/c1-30(2,3)25(35-29(42)36-32(6,7)43-17-19-11-9-8-10-12-19)28(41)37-16-20-22(31(20,4)5)23(37)27(40)34-21(15-18-13-14-18)24(38)26(33)39/h8-12,18,20-23,25H,13-17H2,1-7H3,(H2,33,39)(H,34,40)(H2,35,36,42)/t20-,21?,22-,23-,25+/m0/s1. The van der Waals surface area contributed by atoms with E-state index in [0.29, 0.717) is 18.7 Å². The van der Waals surface area contributed by atoms with Crippen molar-refractivity contribution in [3.05, 3.63) is 35.9 Å². The number of rotatable bonds is 12. The van der Waals surface area contributed by atoms with E-state index in [0.717, 1.165) is 18.4 Å². The summed E-state index contributed by atoms with van der Waals surface area (Å²) >= 11 is 1.58. The number of fused-ring (bicyclic) bond motifs is 1. The van der Waals surface area contributed by atoms with Gasteiger partial charge in [-0.25, -0.2) is 4.79 Å². The zero-order chi connectivity index (χ0) is 31.9. The third kappa shape index (κ3) is 7.72. The number of benzene rings is 1. The largest absolute Gasteiger partial charge is 0.363 e. The number of nitrogens with two attached hydrogens (primary N) is 1. The molecule has 1 saturated heterocycles. The van der Waals surface area contributed by atoms with E-state index in [-0.39, 0.29) is 29.1 Å². The summed E-state index contributed by atoms with van der Waals surface area (Å²) in [6.45, 7) is 14.0. The van der Waals surface area contributed by atoms with Crippen LogP contribution < -0.4 is 21.7 Å². The highest BCUT2D eigenvalue weighted by Gasteiger charge is 2.70. The highest BCUT2D eigenvalue weighted by molar-refractivity contribution is 7.99. The van der Waals surface area contributed by atoms with Gasteiger partial charge in [-0.3, -0.25) is 19.2 Å². The molecule has 1 aromatic carbocycles. The third-order valence-corrected chi connectivity index (χ3v) is 10.4. The number of nitrogens with zero attached hydrogens (tertiary/aromatic N) is 1. The van der Waals surface area contributed by atoms with E-state index < -0.39 is 52.0 Å². The Kier molecular flexibility index (Phi) is 9.26. The molecule has 0 bridgehead atoms. The lowest BCUT2D eigenvalue weighted by Crippen LogP contribution is -2.62. The summed E-state index contributed by atoms with van der Waals surface area (Å²) in [5.74, 6) is -1.71. The first kappa shape index (κ1) is 32.8. The minimum atomic E-state index is -1.08. The Hall–Kier alpha value is -3.08. The van der Waals surface area contributed by atoms with Gasteiger partial charge in [-0.15, -0.1) is 11.8 Å². The van der Waals surface area contributed by atoms with Crippen LogP contribution in [0.1, 0.15) is 73.3 Å². The molecule has 236 valence electrons. The van der Waals surface area contributed by atoms with Crippen LogP contribution in [0.15, 0.2) is 30.3 Å². The average Bonchev–Trinajstić information content (AvgIpc) is 3.76. The Bertz CT molecular complexity index is 1260. The van der Waals surface area contributed by atoms with E-state index in [2.05, 4.69) is 29.8 Å². The van der Waals surface area contributed by atoms with Crippen LogP contribution in [0.3, 0.4) is 0 Å². The summed E-state index contributed by atoms with van der Waals surface area (Å²) in [7, 11) is 0. The Morgan fingerprint density at radius 2 is 1.65 bits per heavy atom. The summed E-state index contributed by atoms with van der Waals surface area (Å²) in [5, 5.41) is 8.68. The van der Waals surface area contributed by atoms with Gasteiger partial charge in [0, 0.05) is 12.3 Å². The molecular formula is C32H47N5O5S. The minimum absolute atomic E-state index is 0.0931. The van der Waals surface area contributed by atoms with Gasteiger partial charge in [-0.05, 0) is 54.4 Å². The predicted molar refractivity (Wildman–Crippen MR) is 166 cm³/mol. The van der Waals surface area contributed by atoms with Crippen molar-refractivity contribution >= 4 is 41.3 Å². The second-order valence-electron chi connectivity index (χ2n) is 14.5. The van der Waals surface area contributed by atoms with Crippen molar-refractivity contribution in [1.82, 2.24) is 20.9 Å². The number of thioether (sulfide) groups is 1. The fourth-order valence-electron chi connectivity index (χ4n) is 6.29. The van der Waals surface area contributed by atoms with E-state index in [1.165, 1.54) is 0 Å². The molecule has 5 atom stereocenters. The quantitative estimate of drug-likeness (QED) is 0.210. The Balaban J connectivity index is 1.47. The molecule has 1 heterocycles. The van der Waals surface area contributed by atoms with E-state index >= 15 is 0 Å². The molecule has 0 aromatic heterocycles. The SMILES string of the molecule is CC(C)(NC(=O)N[C@H](C(=O)N1C[C@H]2[C@@H]([C@H]1C(=O)NC(CC1CC1)C(=O)C(N)=O)C2(C)C)C(C)(C)C)SCc1ccccc1. The van der Waals surface area contributed by atoms with Gasteiger partial charge in [-0.2, -0.15) is 0 Å². The number of hydrogen-bond donors (Lipinski definition) is 4. The molecule has 43 heavy (non-hydrogen) atoms. The first-order chi connectivity index (χ1) is 19.9. The fourth-order valence-corrected chi connectivity index (χ4v) is 7.17. The number of urea groups is 1. The van der Waals surface area contributed by atoms with Crippen LogP contribution >= 0.6 is 11.8 Å². The van der Waals surface area contributed by atoms with Crippen molar-refractivity contribution in [3.63, 3.8) is 0 Å². The molecule has 4 rings (SSSR count). The monoisotopic (exact) mass is 613 g/mol. The number of carbonyl (C=O) groups excluding carboxylic acids is 5. The lowest BCUT2D eigenvalue weighted by atomic mass is 9.85. The molecule has 0 radical (unpaired) electrons. The van der Waals surface area contributed by atoms with Gasteiger partial charge in [-0.1, -0.05) is 77.8 Å². The van der Waals surface area contributed by atoms with Crippen molar-refractivity contribution in [2.45, 2.75) is 96.5 Å². The molecule has 1 unspecified atom stereocenters. The lowest BCUT2D eigenvalue weighted by molar-refractivity contribution is -0.145. The maximum Gasteiger partial charge on any atom is 0.316 e. The zero-order valence-corrected chi connectivity index (χ0v) is 27.2. The maximum atomic E-state index is 14.2. The molecule has 0 spiro atoms. The van der Waals surface area contributed by atoms with Gasteiger partial charge in [0.2, 0.25) is 17.6 Å². The second kappa shape index (κ2) is 12.1. The number of ketones is 1. The molecule has 2 aliphatic carbocycles. The number of hydrogen-bond acceptors (Lipinski definition) is 6. The van der Waals surface area contributed by atoms with Crippen LogP contribution in [0, 0.1) is 28.6 Å². The summed E-state index contributed by atoms with van der Waals surface area (Å²) in [6, 6.07) is 6.77. The summed E-state index contributed by atoms with van der Waals surface area (Å²) < 4.78 is 0. The van der Waals surface area contributed by atoms with Gasteiger partial charge in [0.15, 0.2) is 0 Å². The van der Waals surface area contributed by atoms with Crippen LogP contribution in [-0.4, -0.2) is 64.0 Å². The van der Waals surface area contributed by atoms with Crippen molar-refractivity contribution in [1.29, 1.82) is 0 Å². The second-order valence-corrected chi connectivity index (χ2v) is 16.1. The average molecular weight is 614 g/mol. The number of amides is 5. The number of piperidine rings is 1. The molecule has 10 nitrogen and oxygen atoms in total. The number of likely N-dealkylation sites (tertiary alicyclic amines) is 1. The molecular weight excluding hydrogens is 566 g/mol. The van der Waals surface area contributed by atoms with E-state index in [9.17, 15) is 24.0 Å². The highest BCUT2D eigenvalue weighted by Crippen LogP contribution is 2.65. The van der Waals surface area contributed by atoms with E-state index in [1.807, 2.05) is 65.0 Å². The zero-order valence-electron chi connectivity index (χ0n) is 26.4. The van der Waals surface area contributed by atoms with Crippen LogP contribution in [0.5, 0.6) is 0 Å². The number of carbonyl (C=O) groups is 5. The normalized spacial score (nSPS) is 23.9. The Labute approximate surface area is 259 Å². The molecule has 3 aliphatic rings. The molecule has 2 saturated carbocycles. The van der Waals surface area contributed by atoms with Gasteiger partial charge >= 0.3 is 6.03 Å².